The molecule has 9 heteroatoms. The molecule has 1 aliphatic carbocycles. The Labute approximate surface area is 176 Å². The third-order valence-corrected chi connectivity index (χ3v) is 7.37. The lowest BCUT2D eigenvalue weighted by Gasteiger charge is -2.15. The number of nitrogens with zero attached hydrogens (tertiary/aromatic N) is 1. The lowest BCUT2D eigenvalue weighted by atomic mass is 10.0. The van der Waals surface area contributed by atoms with Crippen molar-refractivity contribution in [3.8, 4) is 5.75 Å². The number of imide groups is 1. The summed E-state index contributed by atoms with van der Waals surface area (Å²) < 4.78 is 44.5. The molecule has 0 aromatic heterocycles. The highest BCUT2D eigenvalue weighted by molar-refractivity contribution is 7.91. The molecular formula is C21H29FN2O5S. The van der Waals surface area contributed by atoms with E-state index in [-0.39, 0.29) is 41.7 Å². The molecule has 2 aliphatic rings. The van der Waals surface area contributed by atoms with E-state index < -0.39 is 15.7 Å². The molecule has 7 nitrogen and oxygen atoms in total. The van der Waals surface area contributed by atoms with Crippen molar-refractivity contribution < 1.29 is 27.1 Å². The fourth-order valence-corrected chi connectivity index (χ4v) is 5.22. The van der Waals surface area contributed by atoms with Crippen molar-refractivity contribution in [3.63, 3.8) is 0 Å². The molecule has 1 saturated heterocycles. The Bertz CT molecular complexity index is 885. The van der Waals surface area contributed by atoms with E-state index in [2.05, 4.69) is 5.32 Å². The van der Waals surface area contributed by atoms with Gasteiger partial charge in [-0.15, -0.1) is 0 Å². The molecule has 3 amide bonds. The average Bonchev–Trinajstić information content (AvgIpc) is 3.44. The molecule has 1 N–H and O–H groups in total. The average molecular weight is 441 g/mol. The molecule has 1 saturated carbocycles. The van der Waals surface area contributed by atoms with E-state index in [0.717, 1.165) is 18.4 Å². The first-order valence-electron chi connectivity index (χ1n) is 10.4. The number of carbonyl (C=O) groups excluding carboxylic acids is 2. The van der Waals surface area contributed by atoms with Gasteiger partial charge >= 0.3 is 6.03 Å². The number of hydrogen-bond donors (Lipinski definition) is 1. The second kappa shape index (κ2) is 9.76. The smallest absolute Gasteiger partial charge is 0.324 e. The van der Waals surface area contributed by atoms with Crippen LogP contribution in [0.1, 0.15) is 50.5 Å². The zero-order valence-electron chi connectivity index (χ0n) is 17.2. The van der Waals surface area contributed by atoms with Gasteiger partial charge in [0.05, 0.1) is 18.1 Å². The largest absolute Gasteiger partial charge is 0.490 e. The Hall–Kier alpha value is -2.16. The Morgan fingerprint density at radius 1 is 1.23 bits per heavy atom. The second-order valence-corrected chi connectivity index (χ2v) is 10.5. The number of nitrogens with one attached hydrogen (secondary N) is 1. The minimum absolute atomic E-state index is 0.0102. The molecule has 2 fully saturated rings. The summed E-state index contributed by atoms with van der Waals surface area (Å²) in [6, 6.07) is 4.17. The number of benzene rings is 1. The Morgan fingerprint density at radius 3 is 2.67 bits per heavy atom. The summed E-state index contributed by atoms with van der Waals surface area (Å²) in [7, 11) is -3.27. The first-order valence-corrected chi connectivity index (χ1v) is 12.3. The van der Waals surface area contributed by atoms with Crippen molar-refractivity contribution in [3.05, 3.63) is 29.6 Å². The van der Waals surface area contributed by atoms with Gasteiger partial charge in [-0.3, -0.25) is 10.1 Å². The predicted octanol–water partition coefficient (Wildman–Crippen LogP) is 2.85. The number of ether oxygens (including phenoxy) is 1. The summed E-state index contributed by atoms with van der Waals surface area (Å²) in [6.07, 6.45) is 4.02. The molecule has 1 heterocycles. The number of urea groups is 1. The van der Waals surface area contributed by atoms with Gasteiger partial charge in [0, 0.05) is 6.54 Å². The van der Waals surface area contributed by atoms with Gasteiger partial charge in [0.1, 0.15) is 6.54 Å². The van der Waals surface area contributed by atoms with Gasteiger partial charge in [-0.25, -0.2) is 17.6 Å². The Kier molecular flexibility index (Phi) is 7.33. The van der Waals surface area contributed by atoms with Gasteiger partial charge in [0.15, 0.2) is 21.4 Å². The summed E-state index contributed by atoms with van der Waals surface area (Å²) >= 11 is 0. The van der Waals surface area contributed by atoms with Crippen molar-refractivity contribution in [2.75, 3.05) is 31.2 Å². The van der Waals surface area contributed by atoms with E-state index >= 15 is 0 Å². The molecule has 0 bridgehead atoms. The number of halogens is 1. The predicted molar refractivity (Wildman–Crippen MR) is 111 cm³/mol. The SMILES string of the molecule is C[C@@H](CS(=O)(=O)CCCCCN1CC(=O)NC1=O)c1ccc(F)c(OCC2CC2)c1. The van der Waals surface area contributed by atoms with E-state index in [0.29, 0.717) is 38.3 Å². The van der Waals surface area contributed by atoms with Crippen LogP contribution in [0.4, 0.5) is 9.18 Å². The first kappa shape index (κ1) is 22.5. The van der Waals surface area contributed by atoms with Gasteiger partial charge in [-0.05, 0) is 55.2 Å². The van der Waals surface area contributed by atoms with Crippen LogP contribution in [-0.2, 0) is 14.6 Å². The highest BCUT2D eigenvalue weighted by Gasteiger charge is 2.26. The minimum Gasteiger partial charge on any atom is -0.490 e. The first-order chi connectivity index (χ1) is 14.2. The molecule has 0 radical (unpaired) electrons. The lowest BCUT2D eigenvalue weighted by molar-refractivity contribution is -0.118. The molecule has 166 valence electrons. The third-order valence-electron chi connectivity index (χ3n) is 5.45. The molecule has 1 aromatic rings. The van der Waals surface area contributed by atoms with Crippen molar-refractivity contribution in [1.29, 1.82) is 0 Å². The van der Waals surface area contributed by atoms with E-state index in [1.807, 2.05) is 6.92 Å². The number of rotatable bonds is 12. The molecular weight excluding hydrogens is 411 g/mol. The van der Waals surface area contributed by atoms with Crippen molar-refractivity contribution in [1.82, 2.24) is 10.2 Å². The highest BCUT2D eigenvalue weighted by Crippen LogP contribution is 2.31. The fraction of sp³-hybridized carbons (Fsp3) is 0.619. The molecule has 30 heavy (non-hydrogen) atoms. The second-order valence-electron chi connectivity index (χ2n) is 8.30. The van der Waals surface area contributed by atoms with E-state index in [9.17, 15) is 22.4 Å². The molecule has 1 atom stereocenters. The summed E-state index contributed by atoms with van der Waals surface area (Å²) in [4.78, 5) is 24.0. The lowest BCUT2D eigenvalue weighted by Crippen LogP contribution is -2.29. The number of unbranched alkanes of at least 4 members (excludes halogenated alkanes) is 2. The van der Waals surface area contributed by atoms with Crippen molar-refractivity contribution in [2.24, 2.45) is 5.92 Å². The van der Waals surface area contributed by atoms with Crippen LogP contribution in [0.3, 0.4) is 0 Å². The molecule has 0 unspecified atom stereocenters. The topological polar surface area (TPSA) is 92.8 Å². The van der Waals surface area contributed by atoms with Gasteiger partial charge in [0.2, 0.25) is 5.91 Å². The maximum atomic E-state index is 13.9. The summed E-state index contributed by atoms with van der Waals surface area (Å²) in [5, 5.41) is 2.21. The summed E-state index contributed by atoms with van der Waals surface area (Å²) in [5.41, 5.74) is 0.746. The Balaban J connectivity index is 1.42. The van der Waals surface area contributed by atoms with Crippen molar-refractivity contribution >= 4 is 21.8 Å². The monoisotopic (exact) mass is 440 g/mol. The van der Waals surface area contributed by atoms with Gasteiger partial charge in [-0.1, -0.05) is 19.4 Å². The zero-order valence-corrected chi connectivity index (χ0v) is 18.0. The minimum atomic E-state index is -3.27. The van der Waals surface area contributed by atoms with E-state index in [4.69, 9.17) is 4.74 Å². The van der Waals surface area contributed by atoms with Crippen LogP contribution in [0, 0.1) is 11.7 Å². The molecule has 3 rings (SSSR count). The zero-order chi connectivity index (χ0) is 21.7. The fourth-order valence-electron chi connectivity index (χ4n) is 3.45. The van der Waals surface area contributed by atoms with Crippen LogP contribution in [0.2, 0.25) is 0 Å². The number of carbonyl (C=O) groups is 2. The van der Waals surface area contributed by atoms with Crippen LogP contribution >= 0.6 is 0 Å². The number of sulfone groups is 1. The van der Waals surface area contributed by atoms with Crippen LogP contribution in [-0.4, -0.2) is 56.5 Å². The van der Waals surface area contributed by atoms with Crippen molar-refractivity contribution in [2.45, 2.75) is 44.9 Å². The maximum absolute atomic E-state index is 13.9. The van der Waals surface area contributed by atoms with Crippen LogP contribution < -0.4 is 10.1 Å². The van der Waals surface area contributed by atoms with Gasteiger partial charge < -0.3 is 9.64 Å². The Morgan fingerprint density at radius 2 is 2.00 bits per heavy atom. The standard InChI is InChI=1S/C21H29FN2O5S/c1-15(17-7-8-18(22)19(11-17)29-13-16-5-6-16)14-30(27,28)10-4-2-3-9-24-12-20(25)23-21(24)26/h7-8,11,15-16H,2-6,9-10,12-14H2,1H3,(H,23,25,26)/t15-/m0/s1. The molecule has 0 spiro atoms. The highest BCUT2D eigenvalue weighted by atomic mass is 32.2. The third kappa shape index (κ3) is 6.68. The normalized spacial score (nSPS) is 17.9. The summed E-state index contributed by atoms with van der Waals surface area (Å²) in [6.45, 7) is 2.82. The van der Waals surface area contributed by atoms with E-state index in [1.165, 1.54) is 11.0 Å². The number of amides is 3. The van der Waals surface area contributed by atoms with Gasteiger partial charge in [-0.2, -0.15) is 0 Å². The molecule has 1 aromatic carbocycles. The van der Waals surface area contributed by atoms with Crippen LogP contribution in [0.5, 0.6) is 5.75 Å². The number of hydrogen-bond acceptors (Lipinski definition) is 5. The molecule has 1 aliphatic heterocycles. The quantitative estimate of drug-likeness (QED) is 0.399. The van der Waals surface area contributed by atoms with E-state index in [1.54, 1.807) is 12.1 Å². The summed E-state index contributed by atoms with van der Waals surface area (Å²) in [5.74, 6) is -0.253. The maximum Gasteiger partial charge on any atom is 0.324 e. The van der Waals surface area contributed by atoms with Crippen LogP contribution in [0.25, 0.3) is 0 Å². The van der Waals surface area contributed by atoms with Gasteiger partial charge in [0.25, 0.3) is 0 Å². The van der Waals surface area contributed by atoms with Crippen LogP contribution in [0.15, 0.2) is 18.2 Å².